The van der Waals surface area contributed by atoms with Crippen molar-refractivity contribution in [3.63, 3.8) is 0 Å². The Balaban J connectivity index is 2.42. The summed E-state index contributed by atoms with van der Waals surface area (Å²) in [5, 5.41) is 13.3. The Morgan fingerprint density at radius 2 is 1.81 bits per heavy atom. The minimum absolute atomic E-state index is 0.391. The zero-order chi connectivity index (χ0) is 15.6. The summed E-state index contributed by atoms with van der Waals surface area (Å²) in [6, 6.07) is 7.66. The van der Waals surface area contributed by atoms with E-state index in [1.165, 1.54) is 0 Å². The van der Waals surface area contributed by atoms with Crippen LogP contribution in [0.25, 0.3) is 0 Å². The summed E-state index contributed by atoms with van der Waals surface area (Å²) in [7, 11) is 0. The number of hydrogen-bond donors (Lipinski definition) is 1. The van der Waals surface area contributed by atoms with E-state index in [-0.39, 0.29) is 0 Å². The average molecular weight is 292 g/mol. The van der Waals surface area contributed by atoms with Crippen LogP contribution >= 0.6 is 0 Å². The zero-order valence-corrected chi connectivity index (χ0v) is 10.9. The molecule has 0 unspecified atom stereocenters. The van der Waals surface area contributed by atoms with Crippen LogP contribution in [0.3, 0.4) is 0 Å². The number of nitrogens with one attached hydrogen (secondary N) is 1. The number of para-hydroxylation sites is 1. The van der Waals surface area contributed by atoms with Crippen LogP contribution in [0.2, 0.25) is 0 Å². The normalized spacial score (nSPS) is 10.2. The van der Waals surface area contributed by atoms with Crippen LogP contribution in [0.4, 0.5) is 20.2 Å². The zero-order valence-electron chi connectivity index (χ0n) is 10.9. The highest BCUT2D eigenvalue weighted by Gasteiger charge is 2.24. The van der Waals surface area contributed by atoms with E-state index in [1.807, 2.05) is 0 Å². The van der Waals surface area contributed by atoms with Crippen LogP contribution in [0.5, 0.6) is 0 Å². The fourth-order valence-electron chi connectivity index (χ4n) is 1.77. The monoisotopic (exact) mass is 292 g/mol. The van der Waals surface area contributed by atoms with Crippen LogP contribution in [0.1, 0.15) is 15.9 Å². The third-order valence-corrected chi connectivity index (χ3v) is 2.87. The number of aryl methyl sites for hydroxylation is 1. The summed E-state index contributed by atoms with van der Waals surface area (Å²) in [6.45, 7) is 1.73. The Kier molecular flexibility index (Phi) is 3.93. The van der Waals surface area contributed by atoms with Crippen LogP contribution in [-0.2, 0) is 0 Å². The fraction of sp³-hybridized carbons (Fsp3) is 0.0714. The van der Waals surface area contributed by atoms with Gasteiger partial charge in [-0.15, -0.1) is 0 Å². The van der Waals surface area contributed by atoms with E-state index >= 15 is 0 Å². The summed E-state index contributed by atoms with van der Waals surface area (Å²) in [5.41, 5.74) is -0.167. The molecule has 0 fully saturated rings. The van der Waals surface area contributed by atoms with Gasteiger partial charge in [-0.1, -0.05) is 18.2 Å². The summed E-state index contributed by atoms with van der Waals surface area (Å²) >= 11 is 0. The van der Waals surface area contributed by atoms with Gasteiger partial charge in [-0.3, -0.25) is 14.9 Å². The predicted octanol–water partition coefficient (Wildman–Crippen LogP) is 3.43. The second-order valence-electron chi connectivity index (χ2n) is 4.31. The van der Waals surface area contributed by atoms with E-state index in [1.54, 1.807) is 31.2 Å². The molecule has 7 heteroatoms. The Bertz CT molecular complexity index is 732. The summed E-state index contributed by atoms with van der Waals surface area (Å²) in [5.74, 6) is -3.58. The van der Waals surface area contributed by atoms with Crippen LogP contribution in [0, 0.1) is 28.7 Å². The van der Waals surface area contributed by atoms with Crippen LogP contribution < -0.4 is 5.32 Å². The van der Waals surface area contributed by atoms with E-state index in [0.29, 0.717) is 17.8 Å². The molecular formula is C14H10F2N2O3. The predicted molar refractivity (Wildman–Crippen MR) is 72.1 cm³/mol. The first kappa shape index (κ1) is 14.6. The molecule has 0 radical (unpaired) electrons. The molecule has 21 heavy (non-hydrogen) atoms. The number of rotatable bonds is 3. The molecule has 0 saturated heterocycles. The standard InChI is InChI=1S/C14H10F2N2O3/c1-8-4-2-3-5-12(8)17-14(19)9-6-10(15)11(16)7-13(9)18(20)21/h2-7H,1H3,(H,17,19). The smallest absolute Gasteiger partial charge is 0.285 e. The number of hydrogen-bond acceptors (Lipinski definition) is 3. The van der Waals surface area contributed by atoms with E-state index in [9.17, 15) is 23.7 Å². The lowest BCUT2D eigenvalue weighted by molar-refractivity contribution is -0.385. The number of anilines is 1. The molecule has 2 rings (SSSR count). The maximum absolute atomic E-state index is 13.2. The molecule has 0 aromatic heterocycles. The molecule has 0 atom stereocenters. The minimum atomic E-state index is -1.38. The summed E-state index contributed by atoms with van der Waals surface area (Å²) < 4.78 is 26.3. The summed E-state index contributed by atoms with van der Waals surface area (Å²) in [4.78, 5) is 22.0. The number of nitro groups is 1. The maximum atomic E-state index is 13.2. The molecule has 0 aliphatic carbocycles. The molecule has 108 valence electrons. The van der Waals surface area contributed by atoms with Gasteiger partial charge in [0.1, 0.15) is 5.56 Å². The van der Waals surface area contributed by atoms with Gasteiger partial charge in [0.2, 0.25) is 0 Å². The SMILES string of the molecule is Cc1ccccc1NC(=O)c1cc(F)c(F)cc1[N+](=O)[O-]. The lowest BCUT2D eigenvalue weighted by atomic mass is 10.1. The highest BCUT2D eigenvalue weighted by atomic mass is 19.2. The number of amides is 1. The Labute approximate surface area is 118 Å². The van der Waals surface area contributed by atoms with Crippen molar-refractivity contribution in [1.82, 2.24) is 0 Å². The van der Waals surface area contributed by atoms with Gasteiger partial charge >= 0.3 is 0 Å². The van der Waals surface area contributed by atoms with E-state index in [0.717, 1.165) is 5.56 Å². The largest absolute Gasteiger partial charge is 0.322 e. The van der Waals surface area contributed by atoms with Crippen LogP contribution in [0.15, 0.2) is 36.4 Å². The number of carbonyl (C=O) groups is 1. The fourth-order valence-corrected chi connectivity index (χ4v) is 1.77. The van der Waals surface area contributed by atoms with Crippen LogP contribution in [-0.4, -0.2) is 10.8 Å². The number of nitrogens with zero attached hydrogens (tertiary/aromatic N) is 1. The van der Waals surface area contributed by atoms with Gasteiger partial charge in [-0.25, -0.2) is 8.78 Å². The average Bonchev–Trinajstić information content (AvgIpc) is 2.43. The molecule has 0 heterocycles. The molecule has 5 nitrogen and oxygen atoms in total. The molecule has 2 aromatic carbocycles. The van der Waals surface area contributed by atoms with Gasteiger partial charge in [0.25, 0.3) is 11.6 Å². The molecule has 1 amide bonds. The van der Waals surface area contributed by atoms with Crippen molar-refractivity contribution in [1.29, 1.82) is 0 Å². The van der Waals surface area contributed by atoms with Gasteiger partial charge in [0.05, 0.1) is 11.0 Å². The molecule has 0 bridgehead atoms. The second kappa shape index (κ2) is 5.66. The molecule has 0 aliphatic heterocycles. The first-order valence-corrected chi connectivity index (χ1v) is 5.90. The van der Waals surface area contributed by atoms with Crippen molar-refractivity contribution >= 4 is 17.3 Å². The number of halogens is 2. The molecule has 2 aromatic rings. The van der Waals surface area contributed by atoms with Crippen molar-refractivity contribution in [2.24, 2.45) is 0 Å². The van der Waals surface area contributed by atoms with Crippen molar-refractivity contribution in [3.05, 3.63) is 69.3 Å². The highest BCUT2D eigenvalue weighted by Crippen LogP contribution is 2.24. The van der Waals surface area contributed by atoms with Gasteiger partial charge in [-0.2, -0.15) is 0 Å². The van der Waals surface area contributed by atoms with E-state index in [2.05, 4.69) is 5.32 Å². The third-order valence-electron chi connectivity index (χ3n) is 2.87. The van der Waals surface area contributed by atoms with Gasteiger partial charge in [0, 0.05) is 5.69 Å². The quantitative estimate of drug-likeness (QED) is 0.695. The minimum Gasteiger partial charge on any atom is -0.322 e. The topological polar surface area (TPSA) is 72.2 Å². The molecule has 0 aliphatic rings. The third kappa shape index (κ3) is 3.02. The van der Waals surface area contributed by atoms with Gasteiger partial charge < -0.3 is 5.32 Å². The molecule has 0 spiro atoms. The number of carbonyl (C=O) groups excluding carboxylic acids is 1. The first-order valence-electron chi connectivity index (χ1n) is 5.90. The summed E-state index contributed by atoms with van der Waals surface area (Å²) in [6.07, 6.45) is 0. The van der Waals surface area contributed by atoms with Crippen molar-refractivity contribution in [3.8, 4) is 0 Å². The second-order valence-corrected chi connectivity index (χ2v) is 4.31. The van der Waals surface area contributed by atoms with E-state index < -0.39 is 33.7 Å². The van der Waals surface area contributed by atoms with E-state index in [4.69, 9.17) is 0 Å². The van der Waals surface area contributed by atoms with Crippen molar-refractivity contribution in [2.75, 3.05) is 5.32 Å². The number of benzene rings is 2. The lowest BCUT2D eigenvalue weighted by Gasteiger charge is -2.08. The maximum Gasteiger partial charge on any atom is 0.285 e. The Hall–Kier alpha value is -2.83. The lowest BCUT2D eigenvalue weighted by Crippen LogP contribution is -2.15. The Morgan fingerprint density at radius 3 is 2.43 bits per heavy atom. The van der Waals surface area contributed by atoms with Crippen molar-refractivity contribution in [2.45, 2.75) is 6.92 Å². The van der Waals surface area contributed by atoms with Crippen molar-refractivity contribution < 1.29 is 18.5 Å². The molecular weight excluding hydrogens is 282 g/mol. The number of nitro benzene ring substituents is 1. The van der Waals surface area contributed by atoms with Gasteiger partial charge in [-0.05, 0) is 24.6 Å². The molecule has 0 saturated carbocycles. The first-order chi connectivity index (χ1) is 9.90. The highest BCUT2D eigenvalue weighted by molar-refractivity contribution is 6.07. The van der Waals surface area contributed by atoms with Gasteiger partial charge in [0.15, 0.2) is 11.6 Å². The molecule has 1 N–H and O–H groups in total. The Morgan fingerprint density at radius 1 is 1.19 bits per heavy atom.